The fourth-order valence-electron chi connectivity index (χ4n) is 3.80. The number of carbonyl (C=O) groups excluding carboxylic acids is 1. The van der Waals surface area contributed by atoms with Crippen LogP contribution < -0.4 is 5.32 Å². The maximum Gasteiger partial charge on any atom is 0.220 e. The molecule has 0 aliphatic rings. The summed E-state index contributed by atoms with van der Waals surface area (Å²) in [6.45, 7) is 2.06. The molecule has 5 heteroatoms. The highest BCUT2D eigenvalue weighted by Gasteiger charge is 2.16. The summed E-state index contributed by atoms with van der Waals surface area (Å²) in [5, 5.41) is 3.83. The fourth-order valence-corrected chi connectivity index (χ4v) is 3.93. The third-order valence-electron chi connectivity index (χ3n) is 5.45. The van der Waals surface area contributed by atoms with Crippen LogP contribution in [0.4, 0.5) is 0 Å². The molecule has 0 saturated carbocycles. The summed E-state index contributed by atoms with van der Waals surface area (Å²) in [6, 6.07) is 24.1. The van der Waals surface area contributed by atoms with Crippen LogP contribution in [0.2, 0.25) is 5.02 Å². The number of benzene rings is 2. The zero-order valence-electron chi connectivity index (χ0n) is 17.6. The van der Waals surface area contributed by atoms with Gasteiger partial charge >= 0.3 is 0 Å². The molecular weight excluding hydrogens is 406 g/mol. The number of nitrogens with one attached hydrogen (secondary N) is 1. The summed E-state index contributed by atoms with van der Waals surface area (Å²) >= 11 is 6.05. The zero-order chi connectivity index (χ0) is 21.6. The molecule has 158 valence electrons. The first-order valence-electron chi connectivity index (χ1n) is 10.7. The van der Waals surface area contributed by atoms with Crippen molar-refractivity contribution in [2.24, 2.45) is 0 Å². The molecule has 4 rings (SSSR count). The number of nitrogens with zero attached hydrogens (tertiary/aromatic N) is 2. The lowest BCUT2D eigenvalue weighted by atomic mass is 10.1. The van der Waals surface area contributed by atoms with Crippen molar-refractivity contribution >= 4 is 23.2 Å². The van der Waals surface area contributed by atoms with Crippen molar-refractivity contribution in [3.05, 3.63) is 95.3 Å². The first kappa shape index (κ1) is 21.1. The number of hydrogen-bond acceptors (Lipinski definition) is 2. The molecule has 4 aromatic rings. The predicted octanol–water partition coefficient (Wildman–Crippen LogP) is 5.72. The van der Waals surface area contributed by atoms with Crippen LogP contribution in [-0.2, 0) is 17.6 Å². The minimum atomic E-state index is 0.0634. The van der Waals surface area contributed by atoms with Gasteiger partial charge in [-0.25, -0.2) is 4.98 Å². The van der Waals surface area contributed by atoms with Gasteiger partial charge in [-0.1, -0.05) is 60.1 Å². The van der Waals surface area contributed by atoms with E-state index in [1.807, 2.05) is 66.9 Å². The molecule has 0 unspecified atom stereocenters. The van der Waals surface area contributed by atoms with Crippen LogP contribution in [0.1, 0.15) is 31.0 Å². The average molecular weight is 432 g/mol. The number of amides is 1. The fraction of sp³-hybridized carbons (Fsp3) is 0.231. The average Bonchev–Trinajstić information content (AvgIpc) is 3.16. The van der Waals surface area contributed by atoms with Crippen molar-refractivity contribution in [2.75, 3.05) is 0 Å². The molecule has 0 bridgehead atoms. The third kappa shape index (κ3) is 5.33. The largest absolute Gasteiger partial charge is 0.354 e. The van der Waals surface area contributed by atoms with E-state index in [0.29, 0.717) is 17.9 Å². The molecule has 0 aliphatic carbocycles. The second-order valence-corrected chi connectivity index (χ2v) is 8.27. The van der Waals surface area contributed by atoms with Gasteiger partial charge < -0.3 is 9.72 Å². The molecule has 1 amide bonds. The molecular formula is C26H26ClN3O. The van der Waals surface area contributed by atoms with Crippen LogP contribution in [0, 0.1) is 0 Å². The number of aryl methyl sites for hydroxylation is 2. The molecule has 4 nitrogen and oxygen atoms in total. The number of aromatic nitrogens is 2. The maximum absolute atomic E-state index is 12.6. The number of rotatable bonds is 8. The molecule has 2 aromatic carbocycles. The van der Waals surface area contributed by atoms with Crippen LogP contribution in [0.3, 0.4) is 0 Å². The molecule has 1 N–H and O–H groups in total. The highest BCUT2D eigenvalue weighted by atomic mass is 35.5. The molecule has 0 fully saturated rings. The minimum absolute atomic E-state index is 0.0634. The molecule has 0 spiro atoms. The van der Waals surface area contributed by atoms with E-state index in [1.165, 1.54) is 5.56 Å². The quantitative estimate of drug-likeness (QED) is 0.387. The summed E-state index contributed by atoms with van der Waals surface area (Å²) in [5.74, 6) is 0.0634. The lowest BCUT2D eigenvalue weighted by Crippen LogP contribution is -2.33. The van der Waals surface area contributed by atoms with Gasteiger partial charge in [-0.3, -0.25) is 4.79 Å². The van der Waals surface area contributed by atoms with E-state index >= 15 is 0 Å². The van der Waals surface area contributed by atoms with E-state index in [1.54, 1.807) is 0 Å². The molecule has 2 aromatic heterocycles. The normalized spacial score (nSPS) is 12.1. The SMILES string of the molecule is C[C@H](CCc1ccccc1)NC(=O)CCc1c(-c2ccc(Cl)cc2)nc2ccccn12. The monoisotopic (exact) mass is 431 g/mol. The van der Waals surface area contributed by atoms with E-state index in [0.717, 1.165) is 35.4 Å². The number of hydrogen-bond donors (Lipinski definition) is 1. The van der Waals surface area contributed by atoms with E-state index in [2.05, 4.69) is 28.8 Å². The Hall–Kier alpha value is -3.11. The van der Waals surface area contributed by atoms with Gasteiger partial charge in [0.05, 0.1) is 11.4 Å². The first-order chi connectivity index (χ1) is 15.1. The van der Waals surface area contributed by atoms with Gasteiger partial charge in [0.15, 0.2) is 0 Å². The molecule has 2 heterocycles. The molecule has 0 radical (unpaired) electrons. The van der Waals surface area contributed by atoms with Crippen LogP contribution >= 0.6 is 11.6 Å². The molecule has 1 atom stereocenters. The maximum atomic E-state index is 12.6. The first-order valence-corrected chi connectivity index (χ1v) is 11.0. The van der Waals surface area contributed by atoms with Gasteiger partial charge in [-0.2, -0.15) is 0 Å². The van der Waals surface area contributed by atoms with Gasteiger partial charge in [0.25, 0.3) is 0 Å². The lowest BCUT2D eigenvalue weighted by molar-refractivity contribution is -0.121. The minimum Gasteiger partial charge on any atom is -0.354 e. The summed E-state index contributed by atoms with van der Waals surface area (Å²) in [6.07, 6.45) is 4.90. The van der Waals surface area contributed by atoms with Crippen molar-refractivity contribution < 1.29 is 4.79 Å². The van der Waals surface area contributed by atoms with Crippen LogP contribution in [0.5, 0.6) is 0 Å². The van der Waals surface area contributed by atoms with Crippen molar-refractivity contribution in [3.63, 3.8) is 0 Å². The van der Waals surface area contributed by atoms with Crippen molar-refractivity contribution in [2.45, 2.75) is 38.6 Å². The second-order valence-electron chi connectivity index (χ2n) is 7.84. The van der Waals surface area contributed by atoms with E-state index < -0.39 is 0 Å². The van der Waals surface area contributed by atoms with Gasteiger partial charge in [-0.05, 0) is 56.0 Å². The predicted molar refractivity (Wildman–Crippen MR) is 126 cm³/mol. The van der Waals surface area contributed by atoms with E-state index in [4.69, 9.17) is 16.6 Å². The molecule has 0 saturated heterocycles. The topological polar surface area (TPSA) is 46.4 Å². The Morgan fingerprint density at radius 3 is 2.52 bits per heavy atom. The van der Waals surface area contributed by atoms with Crippen molar-refractivity contribution in [3.8, 4) is 11.3 Å². The van der Waals surface area contributed by atoms with Crippen LogP contribution in [0.25, 0.3) is 16.9 Å². The van der Waals surface area contributed by atoms with Gasteiger partial charge in [0, 0.05) is 29.2 Å². The Morgan fingerprint density at radius 1 is 1.00 bits per heavy atom. The number of pyridine rings is 1. The Kier molecular flexibility index (Phi) is 6.68. The highest BCUT2D eigenvalue weighted by molar-refractivity contribution is 6.30. The Morgan fingerprint density at radius 2 is 1.74 bits per heavy atom. The zero-order valence-corrected chi connectivity index (χ0v) is 18.3. The standard InChI is InChI=1S/C26H26ClN3O/c1-19(10-11-20-7-3-2-4-8-20)28-25(31)17-16-23-26(21-12-14-22(27)15-13-21)29-24-9-5-6-18-30(23)24/h2-9,12-15,18-19H,10-11,16-17H2,1H3,(H,28,31)/t19-/m1/s1. The smallest absolute Gasteiger partial charge is 0.220 e. The number of halogens is 1. The Labute approximate surface area is 187 Å². The lowest BCUT2D eigenvalue weighted by Gasteiger charge is -2.14. The number of carbonyl (C=O) groups is 1. The molecule has 31 heavy (non-hydrogen) atoms. The van der Waals surface area contributed by atoms with Crippen molar-refractivity contribution in [1.82, 2.24) is 14.7 Å². The highest BCUT2D eigenvalue weighted by Crippen LogP contribution is 2.26. The third-order valence-corrected chi connectivity index (χ3v) is 5.70. The summed E-state index contributed by atoms with van der Waals surface area (Å²) in [4.78, 5) is 17.4. The summed E-state index contributed by atoms with van der Waals surface area (Å²) in [7, 11) is 0. The Balaban J connectivity index is 1.42. The van der Waals surface area contributed by atoms with Crippen molar-refractivity contribution in [1.29, 1.82) is 0 Å². The second kappa shape index (κ2) is 9.80. The van der Waals surface area contributed by atoms with Gasteiger partial charge in [0.1, 0.15) is 5.65 Å². The number of fused-ring (bicyclic) bond motifs is 1. The molecule has 0 aliphatic heterocycles. The summed E-state index contributed by atoms with van der Waals surface area (Å²) in [5.41, 5.74) is 5.10. The number of imidazole rings is 1. The Bertz CT molecular complexity index is 1150. The van der Waals surface area contributed by atoms with E-state index in [9.17, 15) is 4.79 Å². The van der Waals surface area contributed by atoms with Gasteiger partial charge in [-0.15, -0.1) is 0 Å². The summed E-state index contributed by atoms with van der Waals surface area (Å²) < 4.78 is 2.07. The van der Waals surface area contributed by atoms with Gasteiger partial charge in [0.2, 0.25) is 5.91 Å². The van der Waals surface area contributed by atoms with Crippen LogP contribution in [-0.4, -0.2) is 21.3 Å². The van der Waals surface area contributed by atoms with E-state index in [-0.39, 0.29) is 11.9 Å². The van der Waals surface area contributed by atoms with Crippen LogP contribution in [0.15, 0.2) is 79.0 Å².